The normalized spacial score (nSPS) is 15.3. The van der Waals surface area contributed by atoms with Crippen LogP contribution in [0.15, 0.2) is 6.07 Å². The standard InChI is InChI=1S/C16H23NS/c1-3-5-6-9-14(17-11-4-2)16-12-13-8-7-10-15(13)18-16/h1,12,14,17H,4-11H2,2H3. The fraction of sp³-hybridized carbons (Fsp3) is 0.625. The molecule has 0 radical (unpaired) electrons. The van der Waals surface area contributed by atoms with Crippen molar-refractivity contribution in [3.63, 3.8) is 0 Å². The van der Waals surface area contributed by atoms with Crippen LogP contribution in [0, 0.1) is 12.3 Å². The molecule has 0 saturated heterocycles. The van der Waals surface area contributed by atoms with Gasteiger partial charge in [0.05, 0.1) is 0 Å². The zero-order valence-electron chi connectivity index (χ0n) is 11.3. The molecule has 0 aromatic carbocycles. The summed E-state index contributed by atoms with van der Waals surface area (Å²) in [5, 5.41) is 3.68. The molecule has 1 heterocycles. The van der Waals surface area contributed by atoms with Crippen LogP contribution >= 0.6 is 11.3 Å². The van der Waals surface area contributed by atoms with Gasteiger partial charge in [-0.3, -0.25) is 0 Å². The first-order chi connectivity index (χ1) is 8.85. The lowest BCUT2D eigenvalue weighted by molar-refractivity contribution is 0.494. The van der Waals surface area contributed by atoms with Gasteiger partial charge in [-0.25, -0.2) is 0 Å². The second-order valence-electron chi connectivity index (χ2n) is 5.05. The highest BCUT2D eigenvalue weighted by molar-refractivity contribution is 7.12. The maximum absolute atomic E-state index is 5.34. The zero-order chi connectivity index (χ0) is 12.8. The number of thiophene rings is 1. The van der Waals surface area contributed by atoms with Gasteiger partial charge in [-0.05, 0) is 56.7 Å². The van der Waals surface area contributed by atoms with E-state index in [1.165, 1.54) is 37.0 Å². The zero-order valence-corrected chi connectivity index (χ0v) is 12.1. The molecule has 2 heteroatoms. The number of unbranched alkanes of at least 4 members (excludes halogenated alkanes) is 1. The minimum atomic E-state index is 0.522. The third-order valence-corrected chi connectivity index (χ3v) is 4.91. The lowest BCUT2D eigenvalue weighted by Gasteiger charge is -2.16. The molecule has 1 N–H and O–H groups in total. The number of rotatable bonds is 7. The van der Waals surface area contributed by atoms with E-state index in [2.05, 4.69) is 24.2 Å². The molecule has 0 bridgehead atoms. The molecule has 2 rings (SSSR count). The average Bonchev–Trinajstić information content (AvgIpc) is 2.94. The van der Waals surface area contributed by atoms with Gasteiger partial charge < -0.3 is 5.32 Å². The van der Waals surface area contributed by atoms with Crippen LogP contribution in [0.25, 0.3) is 0 Å². The summed E-state index contributed by atoms with van der Waals surface area (Å²) in [5.74, 6) is 2.75. The van der Waals surface area contributed by atoms with E-state index >= 15 is 0 Å². The van der Waals surface area contributed by atoms with E-state index in [0.29, 0.717) is 6.04 Å². The Hall–Kier alpha value is -0.780. The lowest BCUT2D eigenvalue weighted by Crippen LogP contribution is -2.21. The van der Waals surface area contributed by atoms with Crippen LogP contribution in [0.2, 0.25) is 0 Å². The second-order valence-corrected chi connectivity index (χ2v) is 6.22. The molecule has 1 nitrogen and oxygen atoms in total. The van der Waals surface area contributed by atoms with Crippen molar-refractivity contribution in [3.05, 3.63) is 21.4 Å². The molecule has 1 atom stereocenters. The van der Waals surface area contributed by atoms with E-state index < -0.39 is 0 Å². The van der Waals surface area contributed by atoms with Crippen LogP contribution in [-0.2, 0) is 12.8 Å². The Bertz CT molecular complexity index is 392. The molecule has 0 fully saturated rings. The lowest BCUT2D eigenvalue weighted by atomic mass is 10.1. The minimum absolute atomic E-state index is 0.522. The van der Waals surface area contributed by atoms with Crippen molar-refractivity contribution >= 4 is 11.3 Å². The first kappa shape index (κ1) is 13.6. The van der Waals surface area contributed by atoms with E-state index in [1.807, 2.05) is 11.3 Å². The molecule has 98 valence electrons. The van der Waals surface area contributed by atoms with Crippen LogP contribution in [-0.4, -0.2) is 6.54 Å². The SMILES string of the molecule is C#CCCCC(NCCC)c1cc2c(s1)CCC2. The third-order valence-electron chi connectivity index (χ3n) is 3.56. The monoisotopic (exact) mass is 261 g/mol. The molecule has 0 spiro atoms. The van der Waals surface area contributed by atoms with Crippen molar-refractivity contribution in [3.8, 4) is 12.3 Å². The molecule has 0 amide bonds. The fourth-order valence-corrected chi connectivity index (χ4v) is 3.96. The Labute approximate surface area is 115 Å². The summed E-state index contributed by atoms with van der Waals surface area (Å²) in [6, 6.07) is 2.96. The van der Waals surface area contributed by atoms with Crippen molar-refractivity contribution in [1.29, 1.82) is 0 Å². The van der Waals surface area contributed by atoms with E-state index in [1.54, 1.807) is 10.4 Å². The highest BCUT2D eigenvalue weighted by Gasteiger charge is 2.19. The number of terminal acetylenes is 1. The summed E-state index contributed by atoms with van der Waals surface area (Å²) in [6.07, 6.45) is 13.7. The maximum Gasteiger partial charge on any atom is 0.0415 e. The predicted octanol–water partition coefficient (Wildman–Crippen LogP) is 4.08. The third kappa shape index (κ3) is 3.37. The van der Waals surface area contributed by atoms with Gasteiger partial charge in [0.15, 0.2) is 0 Å². The average molecular weight is 261 g/mol. The first-order valence-corrected chi connectivity index (χ1v) is 7.95. The molecule has 1 aliphatic carbocycles. The topological polar surface area (TPSA) is 12.0 Å². The van der Waals surface area contributed by atoms with Crippen molar-refractivity contribution in [2.24, 2.45) is 0 Å². The molecule has 1 aromatic rings. The molecule has 18 heavy (non-hydrogen) atoms. The Kier molecular flexibility index (Phi) is 5.28. The van der Waals surface area contributed by atoms with Gasteiger partial charge in [0.25, 0.3) is 0 Å². The number of aryl methyl sites for hydroxylation is 2. The summed E-state index contributed by atoms with van der Waals surface area (Å²) in [6.45, 7) is 3.32. The van der Waals surface area contributed by atoms with Crippen LogP contribution in [0.5, 0.6) is 0 Å². The second kappa shape index (κ2) is 6.97. The van der Waals surface area contributed by atoms with Gasteiger partial charge >= 0.3 is 0 Å². The van der Waals surface area contributed by atoms with Crippen molar-refractivity contribution in [2.45, 2.75) is 57.9 Å². The summed E-state index contributed by atoms with van der Waals surface area (Å²) in [4.78, 5) is 3.16. The quantitative estimate of drug-likeness (QED) is 0.576. The summed E-state index contributed by atoms with van der Waals surface area (Å²) in [5.41, 5.74) is 1.61. The summed E-state index contributed by atoms with van der Waals surface area (Å²) < 4.78 is 0. The summed E-state index contributed by atoms with van der Waals surface area (Å²) in [7, 11) is 0. The van der Waals surface area contributed by atoms with E-state index in [4.69, 9.17) is 6.42 Å². The van der Waals surface area contributed by atoms with Crippen molar-refractivity contribution in [1.82, 2.24) is 5.32 Å². The van der Waals surface area contributed by atoms with Crippen molar-refractivity contribution < 1.29 is 0 Å². The van der Waals surface area contributed by atoms with Gasteiger partial charge in [0, 0.05) is 22.2 Å². The number of hydrogen-bond acceptors (Lipinski definition) is 2. The maximum atomic E-state index is 5.34. The highest BCUT2D eigenvalue weighted by Crippen LogP contribution is 2.35. The minimum Gasteiger partial charge on any atom is -0.309 e. The molecule has 1 unspecified atom stereocenters. The van der Waals surface area contributed by atoms with Crippen LogP contribution < -0.4 is 5.32 Å². The Morgan fingerprint density at radius 2 is 2.39 bits per heavy atom. The van der Waals surface area contributed by atoms with Gasteiger partial charge in [-0.15, -0.1) is 23.7 Å². The van der Waals surface area contributed by atoms with Crippen LogP contribution in [0.3, 0.4) is 0 Å². The molecular formula is C16H23NS. The molecule has 0 saturated carbocycles. The van der Waals surface area contributed by atoms with E-state index in [-0.39, 0.29) is 0 Å². The molecular weight excluding hydrogens is 238 g/mol. The smallest absolute Gasteiger partial charge is 0.0415 e. The number of hydrogen-bond donors (Lipinski definition) is 1. The number of fused-ring (bicyclic) bond motifs is 1. The van der Waals surface area contributed by atoms with Crippen LogP contribution in [0.1, 0.15) is 60.4 Å². The largest absolute Gasteiger partial charge is 0.309 e. The Morgan fingerprint density at radius 1 is 1.50 bits per heavy atom. The highest BCUT2D eigenvalue weighted by atomic mass is 32.1. The van der Waals surface area contributed by atoms with Gasteiger partial charge in [-0.1, -0.05) is 6.92 Å². The molecule has 1 aromatic heterocycles. The Balaban J connectivity index is 1.99. The molecule has 1 aliphatic rings. The van der Waals surface area contributed by atoms with Crippen molar-refractivity contribution in [2.75, 3.05) is 6.54 Å². The first-order valence-electron chi connectivity index (χ1n) is 7.13. The number of nitrogens with one attached hydrogen (secondary N) is 1. The molecule has 0 aliphatic heterocycles. The summed E-state index contributed by atoms with van der Waals surface area (Å²) >= 11 is 2.02. The van der Waals surface area contributed by atoms with Gasteiger partial charge in [-0.2, -0.15) is 0 Å². The van der Waals surface area contributed by atoms with Gasteiger partial charge in [0.1, 0.15) is 0 Å². The van der Waals surface area contributed by atoms with E-state index in [0.717, 1.165) is 19.4 Å². The predicted molar refractivity (Wildman–Crippen MR) is 80.1 cm³/mol. The van der Waals surface area contributed by atoms with E-state index in [9.17, 15) is 0 Å². The van der Waals surface area contributed by atoms with Crippen LogP contribution in [0.4, 0.5) is 0 Å². The Morgan fingerprint density at radius 3 is 3.11 bits per heavy atom. The van der Waals surface area contributed by atoms with Gasteiger partial charge in [0.2, 0.25) is 0 Å². The fourth-order valence-electron chi connectivity index (χ4n) is 2.60.